The minimum Gasteiger partial charge on any atom is -0.497 e. The zero-order chi connectivity index (χ0) is 25.5. The van der Waals surface area contributed by atoms with E-state index in [1.807, 2.05) is 12.1 Å². The maximum Gasteiger partial charge on any atom is 0.294 e. The first kappa shape index (κ1) is 25.1. The fraction of sp³-hybridized carbons (Fsp3) is 0.346. The third-order valence-electron chi connectivity index (χ3n) is 6.59. The Labute approximate surface area is 214 Å². The van der Waals surface area contributed by atoms with Crippen LogP contribution in [0.5, 0.6) is 5.75 Å². The molecule has 2 aliphatic rings. The van der Waals surface area contributed by atoms with E-state index in [4.69, 9.17) is 16.3 Å². The van der Waals surface area contributed by atoms with Gasteiger partial charge in [-0.1, -0.05) is 18.5 Å². The van der Waals surface area contributed by atoms with Gasteiger partial charge in [0.2, 0.25) is 5.91 Å². The van der Waals surface area contributed by atoms with Crippen molar-refractivity contribution in [3.05, 3.63) is 57.5 Å². The van der Waals surface area contributed by atoms with Crippen LogP contribution in [0.1, 0.15) is 44.2 Å². The summed E-state index contributed by atoms with van der Waals surface area (Å²) >= 11 is 7.41. The Balaban J connectivity index is 1.52. The van der Waals surface area contributed by atoms with Gasteiger partial charge < -0.3 is 15.0 Å². The lowest BCUT2D eigenvalue weighted by molar-refractivity contribution is -0.127. The van der Waals surface area contributed by atoms with Crippen molar-refractivity contribution >= 4 is 57.9 Å². The number of nitrogens with zero attached hydrogens (tertiary/aromatic N) is 2. The number of hydrogen-bond donors (Lipinski definition) is 1. The van der Waals surface area contributed by atoms with Crippen molar-refractivity contribution in [3.8, 4) is 5.75 Å². The van der Waals surface area contributed by atoms with Crippen molar-refractivity contribution in [2.24, 2.45) is 0 Å². The number of nitrogens with one attached hydrogen (secondary N) is 1. The number of rotatable bonds is 5. The van der Waals surface area contributed by atoms with E-state index in [9.17, 15) is 14.4 Å². The summed E-state index contributed by atoms with van der Waals surface area (Å²) in [5.74, 6) is -0.00280. The maximum absolute atomic E-state index is 13.0. The normalized spacial score (nSPS) is 20.3. The number of ether oxygens (including phenoxy) is 1. The molecule has 184 valence electrons. The number of anilines is 2. The first-order valence-corrected chi connectivity index (χ1v) is 12.5. The van der Waals surface area contributed by atoms with Crippen LogP contribution in [-0.4, -0.2) is 48.2 Å². The Morgan fingerprint density at radius 2 is 1.94 bits per heavy atom. The Morgan fingerprint density at radius 3 is 2.60 bits per heavy atom. The van der Waals surface area contributed by atoms with Gasteiger partial charge in [0, 0.05) is 29.0 Å². The quantitative estimate of drug-likeness (QED) is 0.513. The molecule has 2 aliphatic heterocycles. The molecule has 4 rings (SSSR count). The lowest BCUT2D eigenvalue weighted by atomic mass is 9.80. The first-order valence-electron chi connectivity index (χ1n) is 11.3. The topological polar surface area (TPSA) is 79.0 Å². The highest BCUT2D eigenvalue weighted by atomic mass is 35.5. The van der Waals surface area contributed by atoms with Crippen molar-refractivity contribution in [1.29, 1.82) is 0 Å². The van der Waals surface area contributed by atoms with Gasteiger partial charge in [-0.15, -0.1) is 0 Å². The average Bonchev–Trinajstić information content (AvgIpc) is 3.06. The fourth-order valence-corrected chi connectivity index (χ4v) is 5.55. The number of amides is 3. The predicted octanol–water partition coefficient (Wildman–Crippen LogP) is 5.75. The van der Waals surface area contributed by atoms with E-state index < -0.39 is 17.1 Å². The van der Waals surface area contributed by atoms with E-state index in [1.54, 1.807) is 37.5 Å². The minimum atomic E-state index is -0.509. The number of methoxy groups -OCH3 is 1. The molecule has 2 aromatic carbocycles. The summed E-state index contributed by atoms with van der Waals surface area (Å²) in [7, 11) is 3.61. The number of thioether (sulfide) groups is 1. The molecule has 35 heavy (non-hydrogen) atoms. The molecular formula is C26H28ClN3O4S. The standard InChI is InChI=1S/C26H28ClN3O4S/c1-15-13-26(2,3)29(4)21-12-20(27)16(10-19(15)21)11-22-24(32)30(25(33)35-22)14-23(31)28-17-6-8-18(34-5)9-7-17/h6-12,15H,13-14H2,1-5H3,(H,28,31)/b22-11-. The van der Waals surface area contributed by atoms with Gasteiger partial charge in [-0.3, -0.25) is 19.3 Å². The molecule has 0 spiro atoms. The molecule has 7 nitrogen and oxygen atoms in total. The molecule has 3 amide bonds. The zero-order valence-corrected chi connectivity index (χ0v) is 21.9. The summed E-state index contributed by atoms with van der Waals surface area (Å²) in [4.78, 5) is 41.4. The van der Waals surface area contributed by atoms with E-state index in [-0.39, 0.29) is 17.0 Å². The molecular weight excluding hydrogens is 486 g/mol. The second-order valence-electron chi connectivity index (χ2n) is 9.45. The third-order valence-corrected chi connectivity index (χ3v) is 7.82. The SMILES string of the molecule is COc1ccc(NC(=O)CN2C(=O)S/C(=C\c3cc4c(cc3Cl)N(C)C(C)(C)CC4C)C2=O)cc1. The first-order chi connectivity index (χ1) is 16.5. The molecule has 1 saturated heterocycles. The van der Waals surface area contributed by atoms with E-state index >= 15 is 0 Å². The molecule has 0 aliphatic carbocycles. The summed E-state index contributed by atoms with van der Waals surface area (Å²) in [6, 6.07) is 10.7. The van der Waals surface area contributed by atoms with Gasteiger partial charge in [0.1, 0.15) is 12.3 Å². The minimum absolute atomic E-state index is 0.00626. The van der Waals surface area contributed by atoms with Crippen molar-refractivity contribution < 1.29 is 19.1 Å². The highest BCUT2D eigenvalue weighted by molar-refractivity contribution is 8.18. The maximum atomic E-state index is 13.0. The molecule has 2 heterocycles. The van der Waals surface area contributed by atoms with Crippen LogP contribution in [0.3, 0.4) is 0 Å². The van der Waals surface area contributed by atoms with Crippen molar-refractivity contribution in [3.63, 3.8) is 0 Å². The van der Waals surface area contributed by atoms with E-state index in [2.05, 4.69) is 38.0 Å². The summed E-state index contributed by atoms with van der Waals surface area (Å²) in [6.45, 7) is 6.22. The van der Waals surface area contributed by atoms with E-state index in [0.29, 0.717) is 27.9 Å². The van der Waals surface area contributed by atoms with Gasteiger partial charge in [0.25, 0.3) is 11.1 Å². The number of imide groups is 1. The summed E-state index contributed by atoms with van der Waals surface area (Å²) < 4.78 is 5.10. The van der Waals surface area contributed by atoms with Crippen LogP contribution in [0.15, 0.2) is 41.3 Å². The average molecular weight is 514 g/mol. The van der Waals surface area contributed by atoms with Crippen LogP contribution >= 0.6 is 23.4 Å². The zero-order valence-electron chi connectivity index (χ0n) is 20.3. The molecule has 2 aromatic rings. The van der Waals surface area contributed by atoms with Gasteiger partial charge in [-0.2, -0.15) is 0 Å². The molecule has 0 bridgehead atoms. The smallest absolute Gasteiger partial charge is 0.294 e. The Kier molecular flexibility index (Phi) is 6.88. The molecule has 0 aromatic heterocycles. The monoisotopic (exact) mass is 513 g/mol. The van der Waals surface area contributed by atoms with Gasteiger partial charge in [0.15, 0.2) is 0 Å². The number of carbonyl (C=O) groups excluding carboxylic acids is 3. The molecule has 1 unspecified atom stereocenters. The van der Waals surface area contributed by atoms with E-state index in [0.717, 1.165) is 34.3 Å². The Morgan fingerprint density at radius 1 is 1.26 bits per heavy atom. The largest absolute Gasteiger partial charge is 0.497 e. The van der Waals surface area contributed by atoms with Gasteiger partial charge in [-0.25, -0.2) is 0 Å². The summed E-state index contributed by atoms with van der Waals surface area (Å²) in [5.41, 5.74) is 3.45. The van der Waals surface area contributed by atoms with Crippen LogP contribution in [0.25, 0.3) is 6.08 Å². The van der Waals surface area contributed by atoms with Gasteiger partial charge in [-0.05, 0) is 91.5 Å². The Hall–Kier alpha value is -2.97. The number of halogens is 1. The van der Waals surface area contributed by atoms with Crippen LogP contribution in [0, 0.1) is 0 Å². The van der Waals surface area contributed by atoms with Crippen molar-refractivity contribution in [1.82, 2.24) is 4.90 Å². The van der Waals surface area contributed by atoms with Crippen LogP contribution in [0.4, 0.5) is 16.2 Å². The van der Waals surface area contributed by atoms with Crippen LogP contribution in [0.2, 0.25) is 5.02 Å². The highest BCUT2D eigenvalue weighted by Gasteiger charge is 2.37. The molecule has 0 radical (unpaired) electrons. The lowest BCUT2D eigenvalue weighted by Crippen LogP contribution is -2.45. The molecule has 0 saturated carbocycles. The number of carbonyl (C=O) groups is 3. The highest BCUT2D eigenvalue weighted by Crippen LogP contribution is 2.45. The Bertz CT molecular complexity index is 1230. The number of benzene rings is 2. The second-order valence-corrected chi connectivity index (χ2v) is 10.9. The van der Waals surface area contributed by atoms with Gasteiger partial charge in [0.05, 0.1) is 12.0 Å². The number of fused-ring (bicyclic) bond motifs is 1. The van der Waals surface area contributed by atoms with E-state index in [1.165, 1.54) is 0 Å². The summed E-state index contributed by atoms with van der Waals surface area (Å²) in [6.07, 6.45) is 2.62. The second kappa shape index (κ2) is 9.59. The molecule has 1 atom stereocenters. The number of hydrogen-bond acceptors (Lipinski definition) is 6. The van der Waals surface area contributed by atoms with Crippen LogP contribution in [-0.2, 0) is 9.59 Å². The molecule has 1 fully saturated rings. The molecule has 9 heteroatoms. The van der Waals surface area contributed by atoms with Crippen LogP contribution < -0.4 is 15.0 Å². The van der Waals surface area contributed by atoms with Crippen molar-refractivity contribution in [2.45, 2.75) is 38.6 Å². The van der Waals surface area contributed by atoms with Crippen molar-refractivity contribution in [2.75, 3.05) is 30.9 Å². The predicted molar refractivity (Wildman–Crippen MR) is 141 cm³/mol. The molecule has 1 N–H and O–H groups in total. The van der Waals surface area contributed by atoms with Gasteiger partial charge >= 0.3 is 0 Å². The summed E-state index contributed by atoms with van der Waals surface area (Å²) in [5, 5.41) is 2.70. The lowest BCUT2D eigenvalue weighted by Gasteiger charge is -2.45. The third kappa shape index (κ3) is 5.04. The fourth-order valence-electron chi connectivity index (χ4n) is 4.51.